The third-order valence-electron chi connectivity index (χ3n) is 6.34. The zero-order chi connectivity index (χ0) is 22.4. The zero-order valence-electron chi connectivity index (χ0n) is 18.2. The number of amides is 1. The van der Waals surface area contributed by atoms with Crippen LogP contribution < -0.4 is 5.32 Å². The van der Waals surface area contributed by atoms with Gasteiger partial charge in [-0.3, -0.25) is 9.69 Å². The van der Waals surface area contributed by atoms with Gasteiger partial charge < -0.3 is 9.73 Å². The molecule has 0 spiro atoms. The highest BCUT2D eigenvalue weighted by atomic mass is 32.2. The number of benzene rings is 1. The van der Waals surface area contributed by atoms with Gasteiger partial charge in [0, 0.05) is 31.0 Å². The van der Waals surface area contributed by atoms with Gasteiger partial charge in [-0.05, 0) is 62.5 Å². The molecule has 3 heterocycles. The van der Waals surface area contributed by atoms with Gasteiger partial charge in [0.25, 0.3) is 0 Å². The van der Waals surface area contributed by atoms with Crippen LogP contribution in [-0.2, 0) is 14.8 Å². The molecule has 0 bridgehead atoms. The lowest BCUT2D eigenvalue weighted by atomic mass is 9.97. The maximum atomic E-state index is 12.8. The quantitative estimate of drug-likeness (QED) is 0.658. The Kier molecular flexibility index (Phi) is 7.44. The summed E-state index contributed by atoms with van der Waals surface area (Å²) in [5.74, 6) is 0.700. The Morgan fingerprint density at radius 3 is 2.44 bits per heavy atom. The van der Waals surface area contributed by atoms with Gasteiger partial charge in [0.1, 0.15) is 5.76 Å². The number of nitrogens with zero attached hydrogens (tertiary/aromatic N) is 2. The van der Waals surface area contributed by atoms with E-state index < -0.39 is 10.0 Å². The summed E-state index contributed by atoms with van der Waals surface area (Å²) in [5.41, 5.74) is 0.842. The van der Waals surface area contributed by atoms with Crippen LogP contribution in [0.1, 0.15) is 43.0 Å². The fraction of sp³-hybridized carbons (Fsp3) is 0.458. The molecule has 8 heteroatoms. The van der Waals surface area contributed by atoms with Crippen molar-refractivity contribution in [3.05, 3.63) is 65.5 Å². The lowest BCUT2D eigenvalue weighted by Gasteiger charge is -2.31. The van der Waals surface area contributed by atoms with Crippen molar-refractivity contribution in [2.24, 2.45) is 5.92 Å². The van der Waals surface area contributed by atoms with Gasteiger partial charge in [-0.25, -0.2) is 8.42 Å². The van der Waals surface area contributed by atoms with E-state index in [0.717, 1.165) is 37.3 Å². The Bertz CT molecular complexity index is 991. The molecule has 32 heavy (non-hydrogen) atoms. The molecule has 7 nitrogen and oxygen atoms in total. The van der Waals surface area contributed by atoms with Crippen molar-refractivity contribution in [1.82, 2.24) is 14.5 Å². The lowest BCUT2D eigenvalue weighted by Crippen LogP contribution is -2.44. The lowest BCUT2D eigenvalue weighted by molar-refractivity contribution is -0.126. The summed E-state index contributed by atoms with van der Waals surface area (Å²) in [6.45, 7) is 3.23. The number of sulfonamides is 1. The summed E-state index contributed by atoms with van der Waals surface area (Å²) in [5, 5.41) is 4.35. The first kappa shape index (κ1) is 22.8. The molecule has 1 atom stereocenters. The van der Waals surface area contributed by atoms with Crippen molar-refractivity contribution < 1.29 is 17.6 Å². The van der Waals surface area contributed by atoms with Crippen molar-refractivity contribution in [3.8, 4) is 0 Å². The predicted molar refractivity (Wildman–Crippen MR) is 124 cm³/mol. The van der Waals surface area contributed by atoms with Crippen LogP contribution in [0, 0.1) is 5.92 Å². The van der Waals surface area contributed by atoms with Gasteiger partial charge in [0.15, 0.2) is 0 Å². The Morgan fingerprint density at radius 2 is 1.78 bits per heavy atom. The molecule has 1 aromatic heterocycles. The highest BCUT2D eigenvalue weighted by Gasteiger charge is 2.31. The van der Waals surface area contributed by atoms with Crippen molar-refractivity contribution in [2.45, 2.75) is 31.7 Å². The van der Waals surface area contributed by atoms with Crippen LogP contribution in [-0.4, -0.2) is 56.3 Å². The molecule has 0 radical (unpaired) electrons. The number of piperidine rings is 1. The minimum atomic E-state index is -3.50. The number of carbonyl (C=O) groups is 1. The number of furan rings is 1. The van der Waals surface area contributed by atoms with Crippen LogP contribution in [0.5, 0.6) is 0 Å². The first-order valence-corrected chi connectivity index (χ1v) is 12.8. The molecule has 1 amide bonds. The normalized spacial score (nSPS) is 20.0. The van der Waals surface area contributed by atoms with Gasteiger partial charge in [0.05, 0.1) is 12.3 Å². The van der Waals surface area contributed by atoms with Gasteiger partial charge in [-0.15, -0.1) is 0 Å². The maximum absolute atomic E-state index is 12.8. The van der Waals surface area contributed by atoms with Crippen LogP contribution in [0.15, 0.2) is 58.6 Å². The second kappa shape index (κ2) is 10.5. The van der Waals surface area contributed by atoms with Gasteiger partial charge in [-0.2, -0.15) is 4.31 Å². The van der Waals surface area contributed by atoms with Gasteiger partial charge in [-0.1, -0.05) is 30.3 Å². The SMILES string of the molecule is O=C(NCC(c1ccco1)N1CCCC1)C1CCN(S(=O)(=O)C=Cc2ccccc2)CC1. The van der Waals surface area contributed by atoms with E-state index in [1.54, 1.807) is 12.3 Å². The summed E-state index contributed by atoms with van der Waals surface area (Å²) in [7, 11) is -3.50. The molecule has 2 saturated heterocycles. The molecule has 2 aromatic rings. The summed E-state index contributed by atoms with van der Waals surface area (Å²) >= 11 is 0. The smallest absolute Gasteiger partial charge is 0.236 e. The van der Waals surface area contributed by atoms with Crippen molar-refractivity contribution in [2.75, 3.05) is 32.7 Å². The molecule has 1 unspecified atom stereocenters. The number of nitrogens with one attached hydrogen (secondary N) is 1. The summed E-state index contributed by atoms with van der Waals surface area (Å²) in [4.78, 5) is 15.2. The second-order valence-electron chi connectivity index (χ2n) is 8.45. The maximum Gasteiger partial charge on any atom is 0.236 e. The Morgan fingerprint density at radius 1 is 1.06 bits per heavy atom. The highest BCUT2D eigenvalue weighted by Crippen LogP contribution is 2.26. The third kappa shape index (κ3) is 5.68. The Hall–Kier alpha value is -2.42. The molecule has 2 fully saturated rings. The number of likely N-dealkylation sites (tertiary alicyclic amines) is 1. The fourth-order valence-electron chi connectivity index (χ4n) is 4.47. The minimum absolute atomic E-state index is 0.00220. The van der Waals surface area contributed by atoms with E-state index >= 15 is 0 Å². The number of carbonyl (C=O) groups excluding carboxylic acids is 1. The van der Waals surface area contributed by atoms with Crippen LogP contribution in [0.25, 0.3) is 6.08 Å². The van der Waals surface area contributed by atoms with Gasteiger partial charge in [0.2, 0.25) is 15.9 Å². The molecule has 2 aliphatic heterocycles. The Balaban J connectivity index is 1.29. The summed E-state index contributed by atoms with van der Waals surface area (Å²) in [6, 6.07) is 13.2. The van der Waals surface area contributed by atoms with E-state index in [0.29, 0.717) is 32.5 Å². The molecule has 0 saturated carbocycles. The van der Waals surface area contributed by atoms with E-state index in [1.807, 2.05) is 42.5 Å². The number of hydrogen-bond acceptors (Lipinski definition) is 5. The highest BCUT2D eigenvalue weighted by molar-refractivity contribution is 7.92. The minimum Gasteiger partial charge on any atom is -0.468 e. The molecule has 1 N–H and O–H groups in total. The van der Waals surface area contributed by atoms with Crippen molar-refractivity contribution in [3.63, 3.8) is 0 Å². The average Bonchev–Trinajstić information content (AvgIpc) is 3.54. The summed E-state index contributed by atoms with van der Waals surface area (Å²) < 4.78 is 32.4. The predicted octanol–water partition coefficient (Wildman–Crippen LogP) is 3.25. The fourth-order valence-corrected chi connectivity index (χ4v) is 5.69. The standard InChI is InChI=1S/C24H31N3O4S/c28-24(25-19-22(23-9-6-17-31-23)26-13-4-5-14-26)21-10-15-27(16-11-21)32(29,30)18-12-20-7-2-1-3-8-20/h1-3,6-9,12,17-18,21-22H,4-5,10-11,13-16,19H2,(H,25,28). The first-order valence-electron chi connectivity index (χ1n) is 11.3. The topological polar surface area (TPSA) is 82.9 Å². The van der Waals surface area contributed by atoms with E-state index in [9.17, 15) is 13.2 Å². The molecule has 2 aliphatic rings. The third-order valence-corrected chi connectivity index (χ3v) is 7.90. The van der Waals surface area contributed by atoms with Crippen molar-refractivity contribution in [1.29, 1.82) is 0 Å². The van der Waals surface area contributed by atoms with E-state index in [2.05, 4.69) is 10.2 Å². The van der Waals surface area contributed by atoms with Crippen LogP contribution in [0.4, 0.5) is 0 Å². The van der Waals surface area contributed by atoms with Crippen LogP contribution in [0.2, 0.25) is 0 Å². The van der Waals surface area contributed by atoms with Gasteiger partial charge >= 0.3 is 0 Å². The van der Waals surface area contributed by atoms with Crippen LogP contribution in [0.3, 0.4) is 0 Å². The summed E-state index contributed by atoms with van der Waals surface area (Å²) in [6.07, 6.45) is 6.66. The average molecular weight is 458 g/mol. The molecular weight excluding hydrogens is 426 g/mol. The first-order chi connectivity index (χ1) is 15.5. The largest absolute Gasteiger partial charge is 0.468 e. The number of hydrogen-bond donors (Lipinski definition) is 1. The Labute approximate surface area is 190 Å². The molecule has 0 aliphatic carbocycles. The van der Waals surface area contributed by atoms with Crippen molar-refractivity contribution >= 4 is 22.0 Å². The second-order valence-corrected chi connectivity index (χ2v) is 10.3. The molecular formula is C24H31N3O4S. The molecule has 172 valence electrons. The molecule has 4 rings (SSSR count). The number of rotatable bonds is 8. The van der Waals surface area contributed by atoms with Crippen LogP contribution >= 0.6 is 0 Å². The molecule has 1 aromatic carbocycles. The van der Waals surface area contributed by atoms with E-state index in [4.69, 9.17) is 4.42 Å². The van der Waals surface area contributed by atoms with E-state index in [1.165, 1.54) is 9.71 Å². The monoisotopic (exact) mass is 457 g/mol. The van der Waals surface area contributed by atoms with E-state index in [-0.39, 0.29) is 17.9 Å². The zero-order valence-corrected chi connectivity index (χ0v) is 19.0.